The van der Waals surface area contributed by atoms with Gasteiger partial charge in [-0.2, -0.15) is 0 Å². The summed E-state index contributed by atoms with van der Waals surface area (Å²) in [6, 6.07) is 13.6. The molecule has 4 nitrogen and oxygen atoms in total. The van der Waals surface area contributed by atoms with Gasteiger partial charge >= 0.3 is 0 Å². The van der Waals surface area contributed by atoms with Gasteiger partial charge in [-0.05, 0) is 44.0 Å². The van der Waals surface area contributed by atoms with Crippen LogP contribution in [0.15, 0.2) is 42.5 Å². The topological polar surface area (TPSA) is 47.6 Å². The van der Waals surface area contributed by atoms with Gasteiger partial charge in [-0.25, -0.2) is 0 Å². The van der Waals surface area contributed by atoms with Crippen LogP contribution in [0.4, 0.5) is 0 Å². The number of nitrogens with one attached hydrogen (secondary N) is 1. The van der Waals surface area contributed by atoms with E-state index in [0.717, 1.165) is 11.1 Å². The summed E-state index contributed by atoms with van der Waals surface area (Å²) in [5.41, 5.74) is 3.46. The Morgan fingerprint density at radius 2 is 1.91 bits per heavy atom. The van der Waals surface area contributed by atoms with Crippen LogP contribution in [-0.2, 0) is 4.79 Å². The van der Waals surface area contributed by atoms with E-state index in [9.17, 15) is 4.79 Å². The molecule has 2 aromatic rings. The van der Waals surface area contributed by atoms with E-state index in [4.69, 9.17) is 9.47 Å². The molecule has 23 heavy (non-hydrogen) atoms. The Bertz CT molecular complexity index is 726. The lowest BCUT2D eigenvalue weighted by Gasteiger charge is -2.27. The van der Waals surface area contributed by atoms with E-state index in [1.165, 1.54) is 5.56 Å². The van der Waals surface area contributed by atoms with Crippen LogP contribution in [-0.4, -0.2) is 18.6 Å². The predicted molar refractivity (Wildman–Crippen MR) is 88.8 cm³/mol. The summed E-state index contributed by atoms with van der Waals surface area (Å²) in [7, 11) is 0. The third kappa shape index (κ3) is 3.31. The minimum atomic E-state index is -0.627. The zero-order chi connectivity index (χ0) is 16.4. The highest BCUT2D eigenvalue weighted by Crippen LogP contribution is 2.31. The number of hydrogen-bond acceptors (Lipinski definition) is 3. The Labute approximate surface area is 136 Å². The van der Waals surface area contributed by atoms with Crippen molar-refractivity contribution in [2.75, 3.05) is 6.61 Å². The van der Waals surface area contributed by atoms with Crippen molar-refractivity contribution in [3.05, 3.63) is 59.2 Å². The molecule has 0 saturated carbocycles. The minimum Gasteiger partial charge on any atom is -0.485 e. The van der Waals surface area contributed by atoms with Gasteiger partial charge in [-0.3, -0.25) is 4.79 Å². The quantitative estimate of drug-likeness (QED) is 0.946. The zero-order valence-electron chi connectivity index (χ0n) is 13.6. The molecule has 1 aliphatic rings. The number of ether oxygens (including phenoxy) is 2. The fourth-order valence-electron chi connectivity index (χ4n) is 2.76. The standard InChI is InChI=1S/C19H21NO3/c1-12-8-9-13(2)15(10-12)14(3)20-19(21)18-11-22-16-6-4-5-7-17(16)23-18/h4-10,14,18H,11H2,1-3H3,(H,20,21). The van der Waals surface area contributed by atoms with Crippen LogP contribution in [0.3, 0.4) is 0 Å². The molecule has 0 aromatic heterocycles. The fraction of sp³-hybridized carbons (Fsp3) is 0.316. The van der Waals surface area contributed by atoms with E-state index < -0.39 is 6.10 Å². The summed E-state index contributed by atoms with van der Waals surface area (Å²) < 4.78 is 11.3. The normalized spacial score (nSPS) is 17.4. The third-order valence-electron chi connectivity index (χ3n) is 4.06. The summed E-state index contributed by atoms with van der Waals surface area (Å²) in [5, 5.41) is 3.02. The zero-order valence-corrected chi connectivity index (χ0v) is 13.6. The van der Waals surface area contributed by atoms with Gasteiger partial charge in [0.2, 0.25) is 6.10 Å². The average molecular weight is 311 g/mol. The highest BCUT2D eigenvalue weighted by molar-refractivity contribution is 5.82. The van der Waals surface area contributed by atoms with E-state index in [-0.39, 0.29) is 18.6 Å². The maximum atomic E-state index is 12.5. The van der Waals surface area contributed by atoms with E-state index in [0.29, 0.717) is 11.5 Å². The van der Waals surface area contributed by atoms with Crippen LogP contribution >= 0.6 is 0 Å². The Morgan fingerprint density at radius 1 is 1.17 bits per heavy atom. The summed E-state index contributed by atoms with van der Waals surface area (Å²) >= 11 is 0. The second-order valence-electron chi connectivity index (χ2n) is 5.95. The molecule has 1 aliphatic heterocycles. The molecule has 3 rings (SSSR count). The maximum absolute atomic E-state index is 12.5. The molecule has 0 radical (unpaired) electrons. The molecule has 120 valence electrons. The smallest absolute Gasteiger partial charge is 0.265 e. The molecule has 0 saturated heterocycles. The molecule has 0 bridgehead atoms. The number of aryl methyl sites for hydroxylation is 2. The van der Waals surface area contributed by atoms with E-state index >= 15 is 0 Å². The van der Waals surface area contributed by atoms with Crippen molar-refractivity contribution in [3.8, 4) is 11.5 Å². The first-order chi connectivity index (χ1) is 11.0. The van der Waals surface area contributed by atoms with Crippen molar-refractivity contribution in [2.24, 2.45) is 0 Å². The van der Waals surface area contributed by atoms with Gasteiger partial charge in [-0.1, -0.05) is 35.9 Å². The largest absolute Gasteiger partial charge is 0.485 e. The number of amides is 1. The Morgan fingerprint density at radius 3 is 2.70 bits per heavy atom. The molecule has 0 fully saturated rings. The van der Waals surface area contributed by atoms with Gasteiger partial charge in [-0.15, -0.1) is 0 Å². The predicted octanol–water partition coefficient (Wildman–Crippen LogP) is 3.32. The van der Waals surface area contributed by atoms with Gasteiger partial charge in [0.05, 0.1) is 6.04 Å². The molecule has 0 spiro atoms. The Balaban J connectivity index is 1.69. The summed E-state index contributed by atoms with van der Waals surface area (Å²) in [6.07, 6.45) is -0.627. The van der Waals surface area contributed by atoms with Crippen LogP contribution in [0.25, 0.3) is 0 Å². The lowest BCUT2D eigenvalue weighted by atomic mass is 10.00. The van der Waals surface area contributed by atoms with E-state index in [1.807, 2.05) is 45.0 Å². The lowest BCUT2D eigenvalue weighted by Crippen LogP contribution is -2.44. The van der Waals surface area contributed by atoms with Crippen molar-refractivity contribution < 1.29 is 14.3 Å². The molecule has 4 heteroatoms. The highest BCUT2D eigenvalue weighted by Gasteiger charge is 2.28. The van der Waals surface area contributed by atoms with Crippen LogP contribution in [0.1, 0.15) is 29.7 Å². The molecular formula is C19H21NO3. The fourth-order valence-corrected chi connectivity index (χ4v) is 2.76. The van der Waals surface area contributed by atoms with Crippen LogP contribution < -0.4 is 14.8 Å². The number of rotatable bonds is 3. The number of fused-ring (bicyclic) bond motifs is 1. The summed E-state index contributed by atoms with van der Waals surface area (Å²) in [6.45, 7) is 6.31. The SMILES string of the molecule is Cc1ccc(C)c(C(C)NC(=O)C2COc3ccccc3O2)c1. The molecule has 1 N–H and O–H groups in total. The molecule has 1 amide bonds. The van der Waals surface area contributed by atoms with Crippen molar-refractivity contribution >= 4 is 5.91 Å². The number of carbonyl (C=O) groups is 1. The number of para-hydroxylation sites is 2. The summed E-state index contributed by atoms with van der Waals surface area (Å²) in [5.74, 6) is 1.13. The highest BCUT2D eigenvalue weighted by atomic mass is 16.6. The van der Waals surface area contributed by atoms with Gasteiger partial charge in [0.1, 0.15) is 6.61 Å². The van der Waals surface area contributed by atoms with Crippen LogP contribution in [0.5, 0.6) is 11.5 Å². The van der Waals surface area contributed by atoms with E-state index in [1.54, 1.807) is 0 Å². The van der Waals surface area contributed by atoms with Crippen molar-refractivity contribution in [2.45, 2.75) is 32.9 Å². The van der Waals surface area contributed by atoms with Gasteiger partial charge in [0.15, 0.2) is 11.5 Å². The summed E-state index contributed by atoms with van der Waals surface area (Å²) in [4.78, 5) is 12.5. The molecular weight excluding hydrogens is 290 g/mol. The number of carbonyl (C=O) groups excluding carboxylic acids is 1. The Hall–Kier alpha value is -2.49. The first kappa shape index (κ1) is 15.4. The molecule has 2 unspecified atom stereocenters. The van der Waals surface area contributed by atoms with Gasteiger partial charge < -0.3 is 14.8 Å². The lowest BCUT2D eigenvalue weighted by molar-refractivity contribution is -0.131. The number of benzene rings is 2. The van der Waals surface area contributed by atoms with Crippen LogP contribution in [0.2, 0.25) is 0 Å². The molecule has 2 aromatic carbocycles. The second-order valence-corrected chi connectivity index (χ2v) is 5.95. The first-order valence-electron chi connectivity index (χ1n) is 7.80. The van der Waals surface area contributed by atoms with Gasteiger partial charge in [0.25, 0.3) is 5.91 Å². The molecule has 2 atom stereocenters. The minimum absolute atomic E-state index is 0.0804. The average Bonchev–Trinajstić information content (AvgIpc) is 2.56. The van der Waals surface area contributed by atoms with Gasteiger partial charge in [0, 0.05) is 0 Å². The monoisotopic (exact) mass is 311 g/mol. The van der Waals surface area contributed by atoms with E-state index in [2.05, 4.69) is 23.5 Å². The number of hydrogen-bond donors (Lipinski definition) is 1. The van der Waals surface area contributed by atoms with Crippen molar-refractivity contribution in [1.82, 2.24) is 5.32 Å². The van der Waals surface area contributed by atoms with Crippen LogP contribution in [0, 0.1) is 13.8 Å². The molecule has 0 aliphatic carbocycles. The van der Waals surface area contributed by atoms with Crippen molar-refractivity contribution in [1.29, 1.82) is 0 Å². The first-order valence-corrected chi connectivity index (χ1v) is 7.80. The maximum Gasteiger partial charge on any atom is 0.265 e. The Kier molecular flexibility index (Phi) is 4.24. The third-order valence-corrected chi connectivity index (χ3v) is 4.06. The second kappa shape index (κ2) is 6.32. The molecule has 1 heterocycles. The van der Waals surface area contributed by atoms with Crippen molar-refractivity contribution in [3.63, 3.8) is 0 Å².